The predicted octanol–water partition coefficient (Wildman–Crippen LogP) is 2.84. The van der Waals surface area contributed by atoms with Gasteiger partial charge in [0.1, 0.15) is 5.82 Å². The molecule has 2 nitrogen and oxygen atoms in total. The highest BCUT2D eigenvalue weighted by molar-refractivity contribution is 5.19. The van der Waals surface area contributed by atoms with Crippen molar-refractivity contribution in [3.05, 3.63) is 42.0 Å². The van der Waals surface area contributed by atoms with Crippen molar-refractivity contribution in [2.24, 2.45) is 0 Å². The van der Waals surface area contributed by atoms with Crippen molar-refractivity contribution >= 4 is 0 Å². The van der Waals surface area contributed by atoms with Crippen LogP contribution in [0.4, 0.5) is 4.39 Å². The number of hydrogen-bond donors (Lipinski definition) is 1. The lowest BCUT2D eigenvalue weighted by Crippen LogP contribution is -2.22. The topological polar surface area (TPSA) is 24.9 Å². The molecule has 1 unspecified atom stereocenters. The van der Waals surface area contributed by atoms with Gasteiger partial charge in [-0.3, -0.25) is 4.98 Å². The van der Waals surface area contributed by atoms with Gasteiger partial charge in [0.05, 0.1) is 6.20 Å². The highest BCUT2D eigenvalue weighted by atomic mass is 19.1. The zero-order valence-electron chi connectivity index (χ0n) is 9.26. The van der Waals surface area contributed by atoms with E-state index in [2.05, 4.69) is 16.9 Å². The van der Waals surface area contributed by atoms with Crippen LogP contribution in [0.25, 0.3) is 0 Å². The Morgan fingerprint density at radius 2 is 2.40 bits per heavy atom. The minimum atomic E-state index is -0.260. The summed E-state index contributed by atoms with van der Waals surface area (Å²) in [4.78, 5) is 3.74. The molecule has 0 spiro atoms. The van der Waals surface area contributed by atoms with Gasteiger partial charge in [0, 0.05) is 17.8 Å². The standard InChI is InChI=1S/C12H17FN2/c1-4-15-12(7-9(2)3)10-5-6-14-8-11(10)13/h5-6,8,12,15H,2,4,7H2,1,3H3. The number of rotatable bonds is 5. The molecule has 0 fully saturated rings. The first-order chi connectivity index (χ1) is 7.15. The minimum Gasteiger partial charge on any atom is -0.310 e. The minimum absolute atomic E-state index is 0.00417. The lowest BCUT2D eigenvalue weighted by Gasteiger charge is -2.18. The summed E-state index contributed by atoms with van der Waals surface area (Å²) in [6.45, 7) is 8.61. The Balaban J connectivity index is 2.88. The summed E-state index contributed by atoms with van der Waals surface area (Å²) in [7, 11) is 0. The van der Waals surface area contributed by atoms with Crippen LogP contribution in [-0.4, -0.2) is 11.5 Å². The summed E-state index contributed by atoms with van der Waals surface area (Å²) >= 11 is 0. The van der Waals surface area contributed by atoms with E-state index in [9.17, 15) is 4.39 Å². The summed E-state index contributed by atoms with van der Waals surface area (Å²) in [5.41, 5.74) is 1.70. The molecule has 82 valence electrons. The van der Waals surface area contributed by atoms with Gasteiger partial charge in [-0.2, -0.15) is 0 Å². The monoisotopic (exact) mass is 208 g/mol. The van der Waals surface area contributed by atoms with Gasteiger partial charge < -0.3 is 5.32 Å². The summed E-state index contributed by atoms with van der Waals surface area (Å²) in [5.74, 6) is -0.260. The molecule has 1 rings (SSSR count). The molecule has 1 aromatic rings. The molecule has 0 aliphatic heterocycles. The van der Waals surface area contributed by atoms with Gasteiger partial charge in [-0.05, 0) is 26.0 Å². The predicted molar refractivity (Wildman–Crippen MR) is 60.0 cm³/mol. The third kappa shape index (κ3) is 3.44. The Labute approximate surface area is 90.2 Å². The summed E-state index contributed by atoms with van der Waals surface area (Å²) in [6, 6.07) is 1.71. The lowest BCUT2D eigenvalue weighted by molar-refractivity contribution is 0.506. The molecule has 0 aliphatic rings. The molecular weight excluding hydrogens is 191 g/mol. The highest BCUT2D eigenvalue weighted by Gasteiger charge is 2.14. The van der Waals surface area contributed by atoms with E-state index in [4.69, 9.17) is 0 Å². The molecule has 0 saturated heterocycles. The van der Waals surface area contributed by atoms with Crippen molar-refractivity contribution in [1.82, 2.24) is 10.3 Å². The van der Waals surface area contributed by atoms with Gasteiger partial charge in [0.2, 0.25) is 0 Å². The Kier molecular flexibility index (Phi) is 4.43. The second kappa shape index (κ2) is 5.61. The van der Waals surface area contributed by atoms with E-state index in [1.165, 1.54) is 6.20 Å². The van der Waals surface area contributed by atoms with Crippen molar-refractivity contribution in [1.29, 1.82) is 0 Å². The van der Waals surface area contributed by atoms with Crippen LogP contribution >= 0.6 is 0 Å². The van der Waals surface area contributed by atoms with Crippen LogP contribution in [0.5, 0.6) is 0 Å². The number of nitrogens with one attached hydrogen (secondary N) is 1. The fraction of sp³-hybridized carbons (Fsp3) is 0.417. The SMILES string of the molecule is C=C(C)CC(NCC)c1ccncc1F. The smallest absolute Gasteiger partial charge is 0.146 e. The lowest BCUT2D eigenvalue weighted by atomic mass is 10.0. The van der Waals surface area contributed by atoms with Crippen molar-refractivity contribution in [3.8, 4) is 0 Å². The molecule has 0 bridgehead atoms. The van der Waals surface area contributed by atoms with Gasteiger partial charge >= 0.3 is 0 Å². The quantitative estimate of drug-likeness (QED) is 0.753. The van der Waals surface area contributed by atoms with E-state index in [1.807, 2.05) is 13.8 Å². The van der Waals surface area contributed by atoms with E-state index in [1.54, 1.807) is 12.3 Å². The molecule has 1 heterocycles. The first-order valence-corrected chi connectivity index (χ1v) is 5.12. The van der Waals surface area contributed by atoms with Gasteiger partial charge in [0.15, 0.2) is 0 Å². The normalized spacial score (nSPS) is 12.5. The zero-order valence-corrected chi connectivity index (χ0v) is 9.26. The third-order valence-corrected chi connectivity index (χ3v) is 2.18. The summed E-state index contributed by atoms with van der Waals surface area (Å²) in [6.07, 6.45) is 3.61. The first-order valence-electron chi connectivity index (χ1n) is 5.12. The number of pyridine rings is 1. The van der Waals surface area contributed by atoms with Gasteiger partial charge in [-0.1, -0.05) is 12.5 Å². The average molecular weight is 208 g/mol. The molecule has 1 atom stereocenters. The van der Waals surface area contributed by atoms with Gasteiger partial charge in [-0.15, -0.1) is 6.58 Å². The fourth-order valence-electron chi connectivity index (χ4n) is 1.56. The molecule has 0 radical (unpaired) electrons. The molecule has 0 aromatic carbocycles. The Morgan fingerprint density at radius 3 is 2.93 bits per heavy atom. The second-order valence-electron chi connectivity index (χ2n) is 3.67. The van der Waals surface area contributed by atoms with E-state index in [0.29, 0.717) is 5.56 Å². The molecule has 1 N–H and O–H groups in total. The Hall–Kier alpha value is -1.22. The first kappa shape index (κ1) is 11.9. The van der Waals surface area contributed by atoms with Gasteiger partial charge in [0.25, 0.3) is 0 Å². The van der Waals surface area contributed by atoms with Crippen molar-refractivity contribution in [2.75, 3.05) is 6.54 Å². The molecule has 15 heavy (non-hydrogen) atoms. The maximum absolute atomic E-state index is 13.5. The Morgan fingerprint density at radius 1 is 1.67 bits per heavy atom. The number of aromatic nitrogens is 1. The summed E-state index contributed by atoms with van der Waals surface area (Å²) in [5, 5.41) is 3.24. The fourth-order valence-corrected chi connectivity index (χ4v) is 1.56. The highest BCUT2D eigenvalue weighted by Crippen LogP contribution is 2.21. The number of nitrogens with zero attached hydrogens (tertiary/aromatic N) is 1. The number of hydrogen-bond acceptors (Lipinski definition) is 2. The van der Waals surface area contributed by atoms with Crippen molar-refractivity contribution < 1.29 is 4.39 Å². The second-order valence-corrected chi connectivity index (χ2v) is 3.67. The molecule has 0 saturated carbocycles. The van der Waals surface area contributed by atoms with Crippen LogP contribution in [0.15, 0.2) is 30.6 Å². The van der Waals surface area contributed by atoms with E-state index < -0.39 is 0 Å². The molecule has 3 heteroatoms. The third-order valence-electron chi connectivity index (χ3n) is 2.18. The molecule has 0 amide bonds. The molecule has 0 aliphatic carbocycles. The van der Waals surface area contributed by atoms with E-state index >= 15 is 0 Å². The van der Waals surface area contributed by atoms with Crippen LogP contribution < -0.4 is 5.32 Å². The van der Waals surface area contributed by atoms with Gasteiger partial charge in [-0.25, -0.2) is 4.39 Å². The van der Waals surface area contributed by atoms with Crippen molar-refractivity contribution in [3.63, 3.8) is 0 Å². The average Bonchev–Trinajstić information content (AvgIpc) is 2.17. The zero-order chi connectivity index (χ0) is 11.3. The van der Waals surface area contributed by atoms with E-state index in [0.717, 1.165) is 18.5 Å². The Bertz CT molecular complexity index is 336. The van der Waals surface area contributed by atoms with E-state index in [-0.39, 0.29) is 11.9 Å². The van der Waals surface area contributed by atoms with Crippen LogP contribution in [-0.2, 0) is 0 Å². The molecular formula is C12H17FN2. The van der Waals surface area contributed by atoms with Crippen LogP contribution in [0.1, 0.15) is 31.9 Å². The maximum Gasteiger partial charge on any atom is 0.146 e. The largest absolute Gasteiger partial charge is 0.310 e. The molecule has 1 aromatic heterocycles. The van der Waals surface area contributed by atoms with Crippen LogP contribution in [0, 0.1) is 5.82 Å². The summed E-state index contributed by atoms with van der Waals surface area (Å²) < 4.78 is 13.5. The van der Waals surface area contributed by atoms with Crippen LogP contribution in [0.2, 0.25) is 0 Å². The maximum atomic E-state index is 13.5. The van der Waals surface area contributed by atoms with Crippen molar-refractivity contribution in [2.45, 2.75) is 26.3 Å². The van der Waals surface area contributed by atoms with Crippen LogP contribution in [0.3, 0.4) is 0 Å². The number of halogens is 1.